The van der Waals surface area contributed by atoms with Crippen LogP contribution in [0.4, 0.5) is 0 Å². The summed E-state index contributed by atoms with van der Waals surface area (Å²) in [6.45, 7) is 13.1. The van der Waals surface area contributed by atoms with Gasteiger partial charge in [-0.15, -0.1) is 0 Å². The van der Waals surface area contributed by atoms with Crippen LogP contribution in [0.1, 0.15) is 27.7 Å². The third kappa shape index (κ3) is 6.51. The minimum Gasteiger partial charge on any atom is -0.467 e. The SMILES string of the molecule is COC(=O)C(O)COCC(C)O[Si](C)(C)C(C)(C)C. The summed E-state index contributed by atoms with van der Waals surface area (Å²) < 4.78 is 15.8. The Labute approximate surface area is 117 Å². The van der Waals surface area contributed by atoms with Crippen molar-refractivity contribution in [3.05, 3.63) is 0 Å². The zero-order chi connectivity index (χ0) is 15.3. The summed E-state index contributed by atoms with van der Waals surface area (Å²) in [5, 5.41) is 9.51. The smallest absolute Gasteiger partial charge is 0.337 e. The van der Waals surface area contributed by atoms with Gasteiger partial charge in [0.1, 0.15) is 0 Å². The van der Waals surface area contributed by atoms with Crippen LogP contribution in [-0.2, 0) is 18.7 Å². The first-order chi connectivity index (χ1) is 8.51. The van der Waals surface area contributed by atoms with Gasteiger partial charge in [0.25, 0.3) is 0 Å². The second-order valence-corrected chi connectivity index (χ2v) is 11.0. The number of methoxy groups -OCH3 is 1. The highest BCUT2D eigenvalue weighted by molar-refractivity contribution is 6.74. The third-order valence-electron chi connectivity index (χ3n) is 3.40. The maximum Gasteiger partial charge on any atom is 0.337 e. The molecule has 19 heavy (non-hydrogen) atoms. The summed E-state index contributed by atoms with van der Waals surface area (Å²) in [5.74, 6) is -0.682. The van der Waals surface area contributed by atoms with E-state index < -0.39 is 20.4 Å². The molecule has 0 rings (SSSR count). The van der Waals surface area contributed by atoms with E-state index in [1.807, 2.05) is 6.92 Å². The number of esters is 1. The van der Waals surface area contributed by atoms with E-state index in [9.17, 15) is 9.90 Å². The van der Waals surface area contributed by atoms with E-state index >= 15 is 0 Å². The van der Waals surface area contributed by atoms with Crippen molar-refractivity contribution >= 4 is 14.3 Å². The normalized spacial score (nSPS) is 16.0. The molecule has 0 heterocycles. The van der Waals surface area contributed by atoms with E-state index in [1.54, 1.807) is 0 Å². The van der Waals surface area contributed by atoms with Crippen LogP contribution >= 0.6 is 0 Å². The predicted octanol–water partition coefficient (Wildman–Crippen LogP) is 1.95. The molecule has 6 heteroatoms. The zero-order valence-electron chi connectivity index (χ0n) is 13.1. The predicted molar refractivity (Wildman–Crippen MR) is 76.6 cm³/mol. The molecule has 0 aliphatic rings. The molecule has 1 N–H and O–H groups in total. The van der Waals surface area contributed by atoms with Gasteiger partial charge in [0.15, 0.2) is 14.4 Å². The lowest BCUT2D eigenvalue weighted by molar-refractivity contribution is -0.154. The quantitative estimate of drug-likeness (QED) is 0.574. The molecule has 114 valence electrons. The van der Waals surface area contributed by atoms with E-state index in [1.165, 1.54) is 7.11 Å². The molecular formula is C13H28O5Si. The van der Waals surface area contributed by atoms with E-state index in [2.05, 4.69) is 38.6 Å². The monoisotopic (exact) mass is 292 g/mol. The topological polar surface area (TPSA) is 65.0 Å². The molecule has 2 atom stereocenters. The van der Waals surface area contributed by atoms with Gasteiger partial charge in [-0.2, -0.15) is 0 Å². The van der Waals surface area contributed by atoms with Crippen molar-refractivity contribution in [2.45, 2.75) is 58.0 Å². The van der Waals surface area contributed by atoms with Crippen LogP contribution in [0.15, 0.2) is 0 Å². The van der Waals surface area contributed by atoms with Crippen molar-refractivity contribution in [1.82, 2.24) is 0 Å². The number of hydrogen-bond donors (Lipinski definition) is 1. The molecule has 0 spiro atoms. The van der Waals surface area contributed by atoms with Crippen molar-refractivity contribution < 1.29 is 23.8 Å². The standard InChI is InChI=1S/C13H28O5Si/c1-10(18-19(6,7)13(2,3)4)8-17-9-11(14)12(15)16-5/h10-11,14H,8-9H2,1-7H3. The molecule has 0 aromatic heterocycles. The average Bonchev–Trinajstić information content (AvgIpc) is 2.25. The molecule has 0 saturated heterocycles. The van der Waals surface area contributed by atoms with Crippen molar-refractivity contribution in [1.29, 1.82) is 0 Å². The Morgan fingerprint density at radius 1 is 1.26 bits per heavy atom. The van der Waals surface area contributed by atoms with Crippen LogP contribution < -0.4 is 0 Å². The molecular weight excluding hydrogens is 264 g/mol. The Morgan fingerprint density at radius 3 is 2.21 bits per heavy atom. The van der Waals surface area contributed by atoms with Crippen LogP contribution in [0.5, 0.6) is 0 Å². The molecule has 0 fully saturated rings. The van der Waals surface area contributed by atoms with Crippen molar-refractivity contribution in [2.24, 2.45) is 0 Å². The maximum atomic E-state index is 11.0. The second kappa shape index (κ2) is 7.38. The highest BCUT2D eigenvalue weighted by Gasteiger charge is 2.38. The van der Waals surface area contributed by atoms with Crippen LogP contribution in [0.25, 0.3) is 0 Å². The lowest BCUT2D eigenvalue weighted by Crippen LogP contribution is -2.44. The van der Waals surface area contributed by atoms with Gasteiger partial charge in [0.2, 0.25) is 0 Å². The van der Waals surface area contributed by atoms with Crippen LogP contribution in [0.3, 0.4) is 0 Å². The molecule has 0 amide bonds. The fourth-order valence-electron chi connectivity index (χ4n) is 1.26. The zero-order valence-corrected chi connectivity index (χ0v) is 14.1. The van der Waals surface area contributed by atoms with Gasteiger partial charge in [-0.1, -0.05) is 20.8 Å². The van der Waals surface area contributed by atoms with E-state index in [0.29, 0.717) is 6.61 Å². The van der Waals surface area contributed by atoms with Gasteiger partial charge in [0.05, 0.1) is 26.4 Å². The molecule has 5 nitrogen and oxygen atoms in total. The molecule has 0 aliphatic heterocycles. The number of rotatable bonds is 7. The summed E-state index contributed by atoms with van der Waals surface area (Å²) in [6.07, 6.45) is -1.30. The Hall–Kier alpha value is -0.433. The van der Waals surface area contributed by atoms with Crippen LogP contribution in [0.2, 0.25) is 18.1 Å². The van der Waals surface area contributed by atoms with Gasteiger partial charge in [0, 0.05) is 0 Å². The highest BCUT2D eigenvalue weighted by atomic mass is 28.4. The number of hydrogen-bond acceptors (Lipinski definition) is 5. The fraction of sp³-hybridized carbons (Fsp3) is 0.923. The lowest BCUT2D eigenvalue weighted by Gasteiger charge is -2.38. The summed E-state index contributed by atoms with van der Waals surface area (Å²) in [6, 6.07) is 0. The van der Waals surface area contributed by atoms with E-state index in [-0.39, 0.29) is 17.7 Å². The Morgan fingerprint density at radius 2 is 1.79 bits per heavy atom. The third-order valence-corrected chi connectivity index (χ3v) is 8.01. The molecule has 2 unspecified atom stereocenters. The highest BCUT2D eigenvalue weighted by Crippen LogP contribution is 2.37. The molecule has 0 radical (unpaired) electrons. The summed E-state index contributed by atoms with van der Waals surface area (Å²) in [4.78, 5) is 11.0. The summed E-state index contributed by atoms with van der Waals surface area (Å²) in [5.41, 5.74) is 0. The molecule has 0 bridgehead atoms. The molecule has 0 aliphatic carbocycles. The van der Waals surface area contributed by atoms with Crippen molar-refractivity contribution in [2.75, 3.05) is 20.3 Å². The minimum atomic E-state index is -1.81. The largest absolute Gasteiger partial charge is 0.467 e. The maximum absolute atomic E-state index is 11.0. The first kappa shape index (κ1) is 18.6. The number of carbonyl (C=O) groups is 1. The minimum absolute atomic E-state index is 0.0641. The summed E-state index contributed by atoms with van der Waals surface area (Å²) in [7, 11) is -0.577. The van der Waals surface area contributed by atoms with Gasteiger partial charge in [-0.3, -0.25) is 0 Å². The Balaban J connectivity index is 4.07. The Bertz CT molecular complexity index is 285. The fourth-order valence-corrected chi connectivity index (χ4v) is 2.69. The lowest BCUT2D eigenvalue weighted by atomic mass is 10.2. The number of carbonyl (C=O) groups excluding carboxylic acids is 1. The number of aliphatic hydroxyl groups is 1. The van der Waals surface area contributed by atoms with Crippen LogP contribution in [-0.4, -0.2) is 51.9 Å². The van der Waals surface area contributed by atoms with Gasteiger partial charge >= 0.3 is 5.97 Å². The first-order valence-corrected chi connectivity index (χ1v) is 9.43. The number of ether oxygens (including phenoxy) is 2. The van der Waals surface area contributed by atoms with E-state index in [4.69, 9.17) is 9.16 Å². The van der Waals surface area contributed by atoms with Gasteiger partial charge in [-0.05, 0) is 25.1 Å². The molecule has 0 aromatic carbocycles. The second-order valence-electron chi connectivity index (χ2n) is 6.27. The average molecular weight is 292 g/mol. The van der Waals surface area contributed by atoms with Crippen molar-refractivity contribution in [3.8, 4) is 0 Å². The molecule has 0 aromatic rings. The molecule has 0 saturated carbocycles. The van der Waals surface area contributed by atoms with Crippen molar-refractivity contribution in [3.63, 3.8) is 0 Å². The summed E-state index contributed by atoms with van der Waals surface area (Å²) >= 11 is 0. The van der Waals surface area contributed by atoms with E-state index in [0.717, 1.165) is 0 Å². The van der Waals surface area contributed by atoms with Crippen LogP contribution in [0, 0.1) is 0 Å². The first-order valence-electron chi connectivity index (χ1n) is 6.52. The number of aliphatic hydroxyl groups excluding tert-OH is 1. The van der Waals surface area contributed by atoms with Gasteiger partial charge in [-0.25, -0.2) is 4.79 Å². The van der Waals surface area contributed by atoms with Gasteiger partial charge < -0.3 is 19.0 Å². The Kier molecular flexibility index (Phi) is 7.21.